The molecule has 2 aromatic rings. The Morgan fingerprint density at radius 1 is 1.10 bits per heavy atom. The van der Waals surface area contributed by atoms with Crippen molar-refractivity contribution in [3.8, 4) is 0 Å². The van der Waals surface area contributed by atoms with Gasteiger partial charge in [-0.3, -0.25) is 0 Å². The predicted molar refractivity (Wildman–Crippen MR) is 85.0 cm³/mol. The number of aromatic nitrogens is 1. The van der Waals surface area contributed by atoms with Gasteiger partial charge >= 0.3 is 0 Å². The molecule has 0 aliphatic heterocycles. The van der Waals surface area contributed by atoms with Gasteiger partial charge in [-0.25, -0.2) is 0 Å². The van der Waals surface area contributed by atoms with Gasteiger partial charge in [-0.05, 0) is 36.4 Å². The number of hydrogen-bond donors (Lipinski definition) is 1. The van der Waals surface area contributed by atoms with Gasteiger partial charge in [-0.15, -0.1) is 0 Å². The van der Waals surface area contributed by atoms with E-state index in [0.717, 1.165) is 39.3 Å². The van der Waals surface area contributed by atoms with Crippen molar-refractivity contribution in [2.45, 2.75) is 39.8 Å². The van der Waals surface area contributed by atoms with E-state index in [1.54, 1.807) is 0 Å². The standard InChI is InChI=1S/C17H26N2O/c1-3-9-18-14-16-7-5-6-15-8-10-19(17(15)16)11-13-20-12-4-2/h5-8,10,18H,3-4,9,11-14H2,1-2H3. The summed E-state index contributed by atoms with van der Waals surface area (Å²) >= 11 is 0. The van der Waals surface area contributed by atoms with Crippen LogP contribution in [0.3, 0.4) is 0 Å². The second kappa shape index (κ2) is 8.08. The third-order valence-corrected chi connectivity index (χ3v) is 3.44. The first-order valence-electron chi connectivity index (χ1n) is 7.72. The zero-order chi connectivity index (χ0) is 14.2. The van der Waals surface area contributed by atoms with Crippen LogP contribution >= 0.6 is 0 Å². The molecular weight excluding hydrogens is 248 g/mol. The van der Waals surface area contributed by atoms with Crippen LogP contribution < -0.4 is 5.32 Å². The molecule has 3 nitrogen and oxygen atoms in total. The van der Waals surface area contributed by atoms with Crippen molar-refractivity contribution in [3.05, 3.63) is 36.0 Å². The van der Waals surface area contributed by atoms with Crippen LogP contribution in [0.2, 0.25) is 0 Å². The maximum atomic E-state index is 5.61. The Kier molecular flexibility index (Phi) is 6.09. The van der Waals surface area contributed by atoms with E-state index in [4.69, 9.17) is 4.74 Å². The lowest BCUT2D eigenvalue weighted by atomic mass is 10.1. The molecule has 1 N–H and O–H groups in total. The SMILES string of the molecule is CCCNCc1cccc2ccn(CCOCCC)c12. The third-order valence-electron chi connectivity index (χ3n) is 3.44. The topological polar surface area (TPSA) is 26.2 Å². The maximum absolute atomic E-state index is 5.61. The molecule has 110 valence electrons. The fraction of sp³-hybridized carbons (Fsp3) is 0.529. The number of nitrogens with one attached hydrogen (secondary N) is 1. The predicted octanol–water partition coefficient (Wildman–Crippen LogP) is 3.57. The molecule has 0 atom stereocenters. The largest absolute Gasteiger partial charge is 0.380 e. The first-order valence-corrected chi connectivity index (χ1v) is 7.72. The molecule has 3 heteroatoms. The number of nitrogens with zero attached hydrogens (tertiary/aromatic N) is 1. The maximum Gasteiger partial charge on any atom is 0.0645 e. The molecule has 0 amide bonds. The van der Waals surface area contributed by atoms with Crippen LogP contribution in [0.15, 0.2) is 30.5 Å². The number of benzene rings is 1. The molecule has 1 aromatic heterocycles. The van der Waals surface area contributed by atoms with E-state index < -0.39 is 0 Å². The van der Waals surface area contributed by atoms with Gasteiger partial charge < -0.3 is 14.6 Å². The van der Waals surface area contributed by atoms with Crippen molar-refractivity contribution in [3.63, 3.8) is 0 Å². The highest BCUT2D eigenvalue weighted by Gasteiger charge is 2.06. The second-order valence-electron chi connectivity index (χ2n) is 5.15. The van der Waals surface area contributed by atoms with E-state index in [1.165, 1.54) is 22.9 Å². The molecule has 0 saturated carbocycles. The molecule has 20 heavy (non-hydrogen) atoms. The van der Waals surface area contributed by atoms with Crippen molar-refractivity contribution in [1.82, 2.24) is 9.88 Å². The molecule has 0 aliphatic rings. The quantitative estimate of drug-likeness (QED) is 0.708. The van der Waals surface area contributed by atoms with Gasteiger partial charge in [0.25, 0.3) is 0 Å². The minimum Gasteiger partial charge on any atom is -0.380 e. The van der Waals surface area contributed by atoms with E-state index >= 15 is 0 Å². The van der Waals surface area contributed by atoms with Crippen LogP contribution in [-0.2, 0) is 17.8 Å². The summed E-state index contributed by atoms with van der Waals surface area (Å²) in [5.74, 6) is 0. The molecule has 0 saturated heterocycles. The summed E-state index contributed by atoms with van der Waals surface area (Å²) in [6.45, 7) is 8.90. The lowest BCUT2D eigenvalue weighted by Gasteiger charge is -2.11. The van der Waals surface area contributed by atoms with Gasteiger partial charge in [0.2, 0.25) is 0 Å². The Balaban J connectivity index is 2.09. The van der Waals surface area contributed by atoms with Crippen LogP contribution in [0.1, 0.15) is 32.3 Å². The third kappa shape index (κ3) is 3.84. The summed E-state index contributed by atoms with van der Waals surface area (Å²) in [6.07, 6.45) is 4.42. The smallest absolute Gasteiger partial charge is 0.0645 e. The summed E-state index contributed by atoms with van der Waals surface area (Å²) in [7, 11) is 0. The van der Waals surface area contributed by atoms with Crippen molar-refractivity contribution >= 4 is 10.9 Å². The van der Waals surface area contributed by atoms with E-state index in [2.05, 4.69) is 54.2 Å². The first-order chi connectivity index (χ1) is 9.86. The van der Waals surface area contributed by atoms with Crippen LogP contribution in [0.5, 0.6) is 0 Å². The molecule has 0 aliphatic carbocycles. The van der Waals surface area contributed by atoms with Crippen LogP contribution in [-0.4, -0.2) is 24.3 Å². The molecule has 0 unspecified atom stereocenters. The zero-order valence-corrected chi connectivity index (χ0v) is 12.7. The van der Waals surface area contributed by atoms with Crippen LogP contribution in [0.25, 0.3) is 10.9 Å². The van der Waals surface area contributed by atoms with Gasteiger partial charge in [0.1, 0.15) is 0 Å². The van der Waals surface area contributed by atoms with E-state index in [1.807, 2.05) is 0 Å². The number of rotatable bonds is 9. The lowest BCUT2D eigenvalue weighted by molar-refractivity contribution is 0.127. The van der Waals surface area contributed by atoms with Crippen molar-refractivity contribution in [2.75, 3.05) is 19.8 Å². The van der Waals surface area contributed by atoms with Crippen molar-refractivity contribution < 1.29 is 4.74 Å². The van der Waals surface area contributed by atoms with Crippen LogP contribution in [0, 0.1) is 0 Å². The fourth-order valence-electron chi connectivity index (χ4n) is 2.48. The fourth-order valence-corrected chi connectivity index (χ4v) is 2.48. The Hall–Kier alpha value is -1.32. The summed E-state index contributed by atoms with van der Waals surface area (Å²) in [4.78, 5) is 0. The number of fused-ring (bicyclic) bond motifs is 1. The number of ether oxygens (including phenoxy) is 1. The van der Waals surface area contributed by atoms with Gasteiger partial charge in [0, 0.05) is 25.9 Å². The van der Waals surface area contributed by atoms with E-state index in [0.29, 0.717) is 0 Å². The normalized spacial score (nSPS) is 11.3. The van der Waals surface area contributed by atoms with Crippen molar-refractivity contribution in [2.24, 2.45) is 0 Å². The summed E-state index contributed by atoms with van der Waals surface area (Å²) in [5.41, 5.74) is 2.72. The molecule has 1 aromatic carbocycles. The Morgan fingerprint density at radius 2 is 2.00 bits per heavy atom. The van der Waals surface area contributed by atoms with Gasteiger partial charge in [0.15, 0.2) is 0 Å². The first kappa shape index (κ1) is 15.1. The highest BCUT2D eigenvalue weighted by molar-refractivity contribution is 5.83. The molecule has 2 rings (SSSR count). The van der Waals surface area contributed by atoms with Gasteiger partial charge in [-0.1, -0.05) is 32.0 Å². The Morgan fingerprint density at radius 3 is 2.80 bits per heavy atom. The van der Waals surface area contributed by atoms with E-state index in [9.17, 15) is 0 Å². The van der Waals surface area contributed by atoms with Crippen LogP contribution in [0.4, 0.5) is 0 Å². The molecule has 0 bridgehead atoms. The van der Waals surface area contributed by atoms with Crippen molar-refractivity contribution in [1.29, 1.82) is 0 Å². The summed E-state index contributed by atoms with van der Waals surface area (Å²) < 4.78 is 7.92. The Bertz CT molecular complexity index is 519. The highest BCUT2D eigenvalue weighted by atomic mass is 16.5. The van der Waals surface area contributed by atoms with E-state index in [-0.39, 0.29) is 0 Å². The highest BCUT2D eigenvalue weighted by Crippen LogP contribution is 2.20. The lowest BCUT2D eigenvalue weighted by Crippen LogP contribution is -2.15. The second-order valence-corrected chi connectivity index (χ2v) is 5.15. The average molecular weight is 274 g/mol. The number of para-hydroxylation sites is 1. The number of hydrogen-bond acceptors (Lipinski definition) is 2. The summed E-state index contributed by atoms with van der Waals surface area (Å²) in [5, 5.41) is 4.81. The minimum atomic E-state index is 0.786. The average Bonchev–Trinajstić information content (AvgIpc) is 2.88. The monoisotopic (exact) mass is 274 g/mol. The molecule has 0 spiro atoms. The Labute approximate surface area is 121 Å². The zero-order valence-electron chi connectivity index (χ0n) is 12.7. The molecule has 0 fully saturated rings. The van der Waals surface area contributed by atoms with Gasteiger partial charge in [0.05, 0.1) is 12.1 Å². The molecule has 1 heterocycles. The molecule has 0 radical (unpaired) electrons. The molecular formula is C17H26N2O. The minimum absolute atomic E-state index is 0.786. The van der Waals surface area contributed by atoms with Gasteiger partial charge in [-0.2, -0.15) is 0 Å². The summed E-state index contributed by atoms with van der Waals surface area (Å²) in [6, 6.07) is 8.73.